The molecule has 0 bridgehead atoms. The zero-order valence-corrected chi connectivity index (χ0v) is 17.2. The first kappa shape index (κ1) is 18.9. The minimum Gasteiger partial charge on any atom is -0.441 e. The Balaban J connectivity index is 1.40. The number of fused-ring (bicyclic) bond motifs is 1. The van der Waals surface area contributed by atoms with Crippen molar-refractivity contribution in [2.45, 2.75) is 63.3 Å². The van der Waals surface area contributed by atoms with Gasteiger partial charge in [0.05, 0.1) is 23.3 Å². The summed E-state index contributed by atoms with van der Waals surface area (Å²) in [5.41, 5.74) is 2.07. The van der Waals surface area contributed by atoms with Gasteiger partial charge in [-0.1, -0.05) is 30.3 Å². The van der Waals surface area contributed by atoms with Crippen LogP contribution in [0.4, 0.5) is 4.79 Å². The number of ether oxygens (including phenoxy) is 1. The largest absolute Gasteiger partial charge is 0.441 e. The fourth-order valence-corrected chi connectivity index (χ4v) is 5.27. The molecule has 1 saturated carbocycles. The second kappa shape index (κ2) is 7.00. The second-order valence-electron chi connectivity index (χ2n) is 8.85. The molecule has 7 nitrogen and oxygen atoms in total. The first-order chi connectivity index (χ1) is 14.5. The highest BCUT2D eigenvalue weighted by Gasteiger charge is 2.51. The Bertz CT molecular complexity index is 1130. The highest BCUT2D eigenvalue weighted by Crippen LogP contribution is 2.45. The maximum absolute atomic E-state index is 12.8. The molecule has 1 aromatic carbocycles. The van der Waals surface area contributed by atoms with E-state index in [1.807, 2.05) is 47.6 Å². The van der Waals surface area contributed by atoms with E-state index in [-0.39, 0.29) is 29.9 Å². The number of rotatable bonds is 3. The van der Waals surface area contributed by atoms with E-state index in [4.69, 9.17) is 4.74 Å². The van der Waals surface area contributed by atoms with Crippen LogP contribution < -0.4 is 5.69 Å². The normalized spacial score (nSPS) is 26.1. The van der Waals surface area contributed by atoms with Gasteiger partial charge < -0.3 is 9.72 Å². The van der Waals surface area contributed by atoms with Gasteiger partial charge in [-0.2, -0.15) is 0 Å². The smallest absolute Gasteiger partial charge is 0.411 e. The monoisotopic (exact) mass is 406 g/mol. The number of pyridine rings is 1. The summed E-state index contributed by atoms with van der Waals surface area (Å²) in [4.78, 5) is 34.3. The van der Waals surface area contributed by atoms with Crippen molar-refractivity contribution in [2.24, 2.45) is 0 Å². The third-order valence-corrected chi connectivity index (χ3v) is 6.56. The van der Waals surface area contributed by atoms with Gasteiger partial charge in [0, 0.05) is 18.3 Å². The van der Waals surface area contributed by atoms with Crippen LogP contribution >= 0.6 is 0 Å². The fraction of sp³-hybridized carbons (Fsp3) is 0.435. The standard InChI is InChI=1S/C23H26N4O3/c1-23(2)20(15-6-4-3-5-7-15)27(22(29)30-23)17-10-8-16(9-11-17)26-19-12-13-24-14-18(19)25-21(26)28/h3-7,12-14,16-17,20H,8-11H2,1-2H3,(H,25,28)/t16?,17?,20-/m1/s1. The Kier molecular flexibility index (Phi) is 4.41. The lowest BCUT2D eigenvalue weighted by molar-refractivity contribution is 0.0662. The summed E-state index contributed by atoms with van der Waals surface area (Å²) in [5, 5.41) is 0. The molecular weight excluding hydrogens is 380 g/mol. The molecule has 30 heavy (non-hydrogen) atoms. The Labute approximate surface area is 174 Å². The molecule has 1 aliphatic heterocycles. The lowest BCUT2D eigenvalue weighted by Crippen LogP contribution is -2.43. The number of carbonyl (C=O) groups is 1. The highest BCUT2D eigenvalue weighted by atomic mass is 16.6. The molecule has 156 valence electrons. The number of benzene rings is 1. The zero-order chi connectivity index (χ0) is 20.9. The molecule has 3 heterocycles. The molecule has 1 amide bonds. The van der Waals surface area contributed by atoms with E-state index in [9.17, 15) is 9.59 Å². The van der Waals surface area contributed by atoms with Crippen LogP contribution in [0.15, 0.2) is 53.6 Å². The zero-order valence-electron chi connectivity index (χ0n) is 17.2. The van der Waals surface area contributed by atoms with Crippen LogP contribution in [0.2, 0.25) is 0 Å². The predicted molar refractivity (Wildman–Crippen MR) is 113 cm³/mol. The van der Waals surface area contributed by atoms with Gasteiger partial charge in [0.15, 0.2) is 0 Å². The molecular formula is C23H26N4O3. The first-order valence-electron chi connectivity index (χ1n) is 10.6. The lowest BCUT2D eigenvalue weighted by atomic mass is 9.86. The van der Waals surface area contributed by atoms with Crippen molar-refractivity contribution in [1.29, 1.82) is 0 Å². The fourth-order valence-electron chi connectivity index (χ4n) is 5.27. The average molecular weight is 406 g/mol. The van der Waals surface area contributed by atoms with Crippen LogP contribution in [0.25, 0.3) is 11.0 Å². The quantitative estimate of drug-likeness (QED) is 0.708. The number of hydrogen-bond donors (Lipinski definition) is 1. The highest BCUT2D eigenvalue weighted by molar-refractivity contribution is 5.74. The molecule has 0 unspecified atom stereocenters. The number of cyclic esters (lactones) is 1. The van der Waals surface area contributed by atoms with E-state index in [1.54, 1.807) is 12.4 Å². The minimum atomic E-state index is -0.587. The van der Waals surface area contributed by atoms with Crippen molar-refractivity contribution in [1.82, 2.24) is 19.4 Å². The van der Waals surface area contributed by atoms with E-state index < -0.39 is 5.60 Å². The van der Waals surface area contributed by atoms with Crippen molar-refractivity contribution in [3.05, 3.63) is 64.8 Å². The second-order valence-corrected chi connectivity index (χ2v) is 8.85. The van der Waals surface area contributed by atoms with Crippen molar-refractivity contribution < 1.29 is 9.53 Å². The number of carbonyl (C=O) groups excluding carboxylic acids is 1. The van der Waals surface area contributed by atoms with Crippen molar-refractivity contribution in [3.63, 3.8) is 0 Å². The number of H-pyrrole nitrogens is 1. The van der Waals surface area contributed by atoms with Gasteiger partial charge in [0.1, 0.15) is 5.60 Å². The number of amides is 1. The van der Waals surface area contributed by atoms with Crippen LogP contribution in [0.1, 0.15) is 57.2 Å². The number of nitrogens with zero attached hydrogens (tertiary/aromatic N) is 3. The summed E-state index contributed by atoms with van der Waals surface area (Å²) in [6, 6.07) is 12.1. The topological polar surface area (TPSA) is 80.2 Å². The van der Waals surface area contributed by atoms with Gasteiger partial charge in [-0.25, -0.2) is 9.59 Å². The van der Waals surface area contributed by atoms with Gasteiger partial charge in [-0.05, 0) is 51.2 Å². The van der Waals surface area contributed by atoms with Crippen LogP contribution in [0.5, 0.6) is 0 Å². The Morgan fingerprint density at radius 1 is 1.03 bits per heavy atom. The average Bonchev–Trinajstić information content (AvgIpc) is 3.20. The number of imidazole rings is 1. The van der Waals surface area contributed by atoms with E-state index in [1.165, 1.54) is 0 Å². The molecule has 7 heteroatoms. The van der Waals surface area contributed by atoms with Crippen LogP contribution in [-0.4, -0.2) is 37.2 Å². The predicted octanol–water partition coefficient (Wildman–Crippen LogP) is 4.18. The maximum atomic E-state index is 12.8. The molecule has 1 aliphatic carbocycles. The summed E-state index contributed by atoms with van der Waals surface area (Å²) in [6.45, 7) is 3.96. The third-order valence-electron chi connectivity index (χ3n) is 6.56. The molecule has 2 aliphatic rings. The molecule has 0 radical (unpaired) electrons. The van der Waals surface area contributed by atoms with Crippen LogP contribution in [-0.2, 0) is 4.74 Å². The molecule has 2 aromatic heterocycles. The van der Waals surface area contributed by atoms with Gasteiger partial charge in [0.25, 0.3) is 0 Å². The van der Waals surface area contributed by atoms with Gasteiger partial charge in [0.2, 0.25) is 0 Å². The van der Waals surface area contributed by atoms with Crippen molar-refractivity contribution in [2.75, 3.05) is 0 Å². The molecule has 0 spiro atoms. The van der Waals surface area contributed by atoms with Gasteiger partial charge in [-0.3, -0.25) is 14.5 Å². The minimum absolute atomic E-state index is 0.0923. The summed E-state index contributed by atoms with van der Waals surface area (Å²) in [5.74, 6) is 0. The van der Waals surface area contributed by atoms with E-state index >= 15 is 0 Å². The number of aromatic amines is 1. The third kappa shape index (κ3) is 3.00. The summed E-state index contributed by atoms with van der Waals surface area (Å²) in [6.07, 6.45) is 6.51. The Morgan fingerprint density at radius 3 is 2.47 bits per heavy atom. The first-order valence-corrected chi connectivity index (χ1v) is 10.6. The Hall–Kier alpha value is -3.09. The van der Waals surface area contributed by atoms with Crippen LogP contribution in [0.3, 0.4) is 0 Å². The van der Waals surface area contributed by atoms with Crippen LogP contribution in [0, 0.1) is 0 Å². The molecule has 1 N–H and O–H groups in total. The lowest BCUT2D eigenvalue weighted by Gasteiger charge is -2.38. The van der Waals surface area contributed by atoms with Crippen molar-refractivity contribution >= 4 is 17.1 Å². The molecule has 1 atom stereocenters. The number of aromatic nitrogens is 3. The van der Waals surface area contributed by atoms with Gasteiger partial charge >= 0.3 is 11.8 Å². The van der Waals surface area contributed by atoms with E-state index in [2.05, 4.69) is 22.1 Å². The summed E-state index contributed by atoms with van der Waals surface area (Å²) < 4.78 is 7.63. The van der Waals surface area contributed by atoms with Gasteiger partial charge in [-0.15, -0.1) is 0 Å². The number of hydrogen-bond acceptors (Lipinski definition) is 4. The molecule has 1 saturated heterocycles. The molecule has 2 fully saturated rings. The maximum Gasteiger partial charge on any atom is 0.411 e. The van der Waals surface area contributed by atoms with Crippen molar-refractivity contribution in [3.8, 4) is 0 Å². The molecule has 3 aromatic rings. The molecule has 5 rings (SSSR count). The summed E-state index contributed by atoms with van der Waals surface area (Å²) >= 11 is 0. The summed E-state index contributed by atoms with van der Waals surface area (Å²) in [7, 11) is 0. The van der Waals surface area contributed by atoms with E-state index in [0.29, 0.717) is 0 Å². The Morgan fingerprint density at radius 2 is 1.73 bits per heavy atom. The SMILES string of the molecule is CC1(C)OC(=O)N(C2CCC(n3c(=O)[nH]c4cnccc43)CC2)[C@@H]1c1ccccc1. The number of nitrogens with one attached hydrogen (secondary N) is 1. The van der Waals surface area contributed by atoms with E-state index in [0.717, 1.165) is 42.3 Å².